The van der Waals surface area contributed by atoms with E-state index in [0.29, 0.717) is 24.2 Å². The summed E-state index contributed by atoms with van der Waals surface area (Å²) in [5.74, 6) is -0.322. The molecule has 4 N–H and O–H groups in total. The third-order valence-electron chi connectivity index (χ3n) is 6.57. The van der Waals surface area contributed by atoms with Gasteiger partial charge in [0, 0.05) is 30.7 Å². The molecule has 2 aromatic rings. The fourth-order valence-electron chi connectivity index (χ4n) is 5.14. The van der Waals surface area contributed by atoms with Crippen molar-refractivity contribution < 1.29 is 14.7 Å². The largest absolute Gasteiger partial charge is 0.507 e. The first-order valence-electron chi connectivity index (χ1n) is 10.7. The van der Waals surface area contributed by atoms with E-state index in [1.807, 2.05) is 36.4 Å². The predicted octanol–water partition coefficient (Wildman–Crippen LogP) is 3.02. The maximum Gasteiger partial charge on any atom is 0.252 e. The molecule has 2 bridgehead atoms. The Morgan fingerprint density at radius 1 is 1.03 bits per heavy atom. The zero-order chi connectivity index (χ0) is 21.1. The van der Waals surface area contributed by atoms with Gasteiger partial charge in [-0.05, 0) is 61.8 Å². The first kappa shape index (κ1) is 20.4. The third kappa shape index (κ3) is 4.19. The Morgan fingerprint density at radius 2 is 1.73 bits per heavy atom. The fraction of sp³-hybridized carbons (Fsp3) is 0.417. The lowest BCUT2D eigenvalue weighted by molar-refractivity contribution is 0.0943. The molecule has 0 radical (unpaired) electrons. The molecule has 30 heavy (non-hydrogen) atoms. The molecule has 158 valence electrons. The lowest BCUT2D eigenvalue weighted by atomic mass is 9.83. The number of para-hydroxylation sites is 1. The Balaban J connectivity index is 1.31. The average molecular weight is 408 g/mol. The summed E-state index contributed by atoms with van der Waals surface area (Å²) in [7, 11) is 0. The number of amides is 2. The topological polar surface area (TPSA) is 95.7 Å². The van der Waals surface area contributed by atoms with Gasteiger partial charge < -0.3 is 16.2 Å². The van der Waals surface area contributed by atoms with Gasteiger partial charge in [0.1, 0.15) is 5.75 Å². The molecular weight excluding hydrogens is 378 g/mol. The van der Waals surface area contributed by atoms with Crippen molar-refractivity contribution in [2.24, 2.45) is 5.73 Å². The fourth-order valence-corrected chi connectivity index (χ4v) is 5.14. The Labute approximate surface area is 177 Å². The number of carbonyl (C=O) groups is 2. The van der Waals surface area contributed by atoms with Gasteiger partial charge in [-0.15, -0.1) is 0 Å². The molecule has 0 aliphatic carbocycles. The molecule has 3 atom stereocenters. The van der Waals surface area contributed by atoms with Gasteiger partial charge in [0.25, 0.3) is 11.8 Å². The lowest BCUT2D eigenvalue weighted by Gasteiger charge is -2.39. The second kappa shape index (κ2) is 8.88. The summed E-state index contributed by atoms with van der Waals surface area (Å²) in [5.41, 5.74) is 7.13. The van der Waals surface area contributed by atoms with Crippen molar-refractivity contribution in [1.82, 2.24) is 10.2 Å². The Hall–Kier alpha value is -2.86. The summed E-state index contributed by atoms with van der Waals surface area (Å²) < 4.78 is 0. The highest BCUT2D eigenvalue weighted by Gasteiger charge is 2.41. The van der Waals surface area contributed by atoms with Crippen LogP contribution in [0.2, 0.25) is 0 Å². The van der Waals surface area contributed by atoms with E-state index in [-0.39, 0.29) is 23.1 Å². The Bertz CT molecular complexity index is 901. The zero-order valence-electron chi connectivity index (χ0n) is 17.1. The molecule has 2 amide bonds. The van der Waals surface area contributed by atoms with Gasteiger partial charge in [-0.25, -0.2) is 0 Å². The van der Waals surface area contributed by atoms with Crippen molar-refractivity contribution in [3.63, 3.8) is 0 Å². The minimum absolute atomic E-state index is 0.0258. The van der Waals surface area contributed by atoms with Gasteiger partial charge in [-0.1, -0.05) is 30.3 Å². The monoisotopic (exact) mass is 407 g/mol. The molecule has 0 aromatic heterocycles. The number of piperidine rings is 1. The number of nitrogens with one attached hydrogen (secondary N) is 1. The highest BCUT2D eigenvalue weighted by atomic mass is 16.3. The van der Waals surface area contributed by atoms with Crippen molar-refractivity contribution in [2.45, 2.75) is 50.1 Å². The molecule has 0 spiro atoms. The molecule has 0 saturated carbocycles. The van der Waals surface area contributed by atoms with Gasteiger partial charge >= 0.3 is 0 Å². The molecule has 2 aromatic carbocycles. The lowest BCUT2D eigenvalue weighted by Crippen LogP contribution is -2.43. The Morgan fingerprint density at radius 3 is 2.40 bits per heavy atom. The first-order valence-corrected chi connectivity index (χ1v) is 10.7. The molecule has 6 heteroatoms. The summed E-state index contributed by atoms with van der Waals surface area (Å²) in [6, 6.07) is 15.5. The van der Waals surface area contributed by atoms with Crippen LogP contribution in [0.5, 0.6) is 5.75 Å². The SMILES string of the molecule is NC(=O)c1cccc(C2C[C@H]3CC[C@@H](C2)N3CCCNC(=O)c2ccccc2)c1O. The third-order valence-corrected chi connectivity index (χ3v) is 6.57. The van der Waals surface area contributed by atoms with Crippen molar-refractivity contribution >= 4 is 11.8 Å². The maximum atomic E-state index is 12.2. The van der Waals surface area contributed by atoms with Crippen LogP contribution in [0, 0.1) is 0 Å². The molecule has 4 rings (SSSR count). The quantitative estimate of drug-likeness (QED) is 0.615. The molecular formula is C24H29N3O3. The number of nitrogens with zero attached hydrogens (tertiary/aromatic N) is 1. The number of fused-ring (bicyclic) bond motifs is 2. The van der Waals surface area contributed by atoms with Crippen LogP contribution in [0.25, 0.3) is 0 Å². The summed E-state index contributed by atoms with van der Waals surface area (Å²) >= 11 is 0. The van der Waals surface area contributed by atoms with Crippen LogP contribution in [0.15, 0.2) is 48.5 Å². The Kier molecular flexibility index (Phi) is 6.04. The second-order valence-electron chi connectivity index (χ2n) is 8.37. The summed E-state index contributed by atoms with van der Waals surface area (Å²) in [4.78, 5) is 26.3. The zero-order valence-corrected chi connectivity index (χ0v) is 17.1. The van der Waals surface area contributed by atoms with E-state index >= 15 is 0 Å². The number of carbonyl (C=O) groups excluding carboxylic acids is 2. The van der Waals surface area contributed by atoms with Crippen LogP contribution in [0.3, 0.4) is 0 Å². The van der Waals surface area contributed by atoms with E-state index in [2.05, 4.69) is 10.2 Å². The van der Waals surface area contributed by atoms with Gasteiger partial charge in [0.2, 0.25) is 0 Å². The van der Waals surface area contributed by atoms with Gasteiger partial charge in [0.05, 0.1) is 5.56 Å². The number of hydrogen-bond acceptors (Lipinski definition) is 4. The summed E-state index contributed by atoms with van der Waals surface area (Å²) in [5, 5.41) is 13.5. The van der Waals surface area contributed by atoms with E-state index in [9.17, 15) is 14.7 Å². The van der Waals surface area contributed by atoms with Crippen LogP contribution in [0.4, 0.5) is 0 Å². The van der Waals surface area contributed by atoms with Crippen LogP contribution in [-0.2, 0) is 0 Å². The number of nitrogens with two attached hydrogens (primary N) is 1. The van der Waals surface area contributed by atoms with E-state index in [4.69, 9.17) is 5.73 Å². The second-order valence-corrected chi connectivity index (χ2v) is 8.37. The maximum absolute atomic E-state index is 12.2. The van der Waals surface area contributed by atoms with E-state index in [1.54, 1.807) is 12.1 Å². The number of benzene rings is 2. The number of phenols is 1. The molecule has 2 heterocycles. The number of hydrogen-bond donors (Lipinski definition) is 3. The van der Waals surface area contributed by atoms with Gasteiger partial charge in [0.15, 0.2) is 0 Å². The normalized spacial score (nSPS) is 23.3. The predicted molar refractivity (Wildman–Crippen MR) is 116 cm³/mol. The van der Waals surface area contributed by atoms with E-state index < -0.39 is 5.91 Å². The standard InChI is InChI=1S/C24H29N3O3/c25-23(29)21-9-4-8-20(22(21)28)17-14-18-10-11-19(15-17)27(18)13-5-12-26-24(30)16-6-2-1-3-7-16/h1-4,6-9,17-19,28H,5,10-15H2,(H2,25,29)(H,26,30)/t17?,18-,19+. The average Bonchev–Trinajstić information content (AvgIpc) is 2.98. The number of primary amides is 1. The van der Waals surface area contributed by atoms with Crippen LogP contribution in [-0.4, -0.2) is 47.0 Å². The van der Waals surface area contributed by atoms with E-state index in [1.165, 1.54) is 0 Å². The van der Waals surface area contributed by atoms with Crippen LogP contribution in [0.1, 0.15) is 64.3 Å². The highest BCUT2D eigenvalue weighted by molar-refractivity contribution is 5.96. The van der Waals surface area contributed by atoms with Crippen LogP contribution >= 0.6 is 0 Å². The molecule has 6 nitrogen and oxygen atoms in total. The van der Waals surface area contributed by atoms with Gasteiger partial charge in [-0.3, -0.25) is 14.5 Å². The number of aromatic hydroxyl groups is 1. The summed E-state index contributed by atoms with van der Waals surface area (Å²) in [6.07, 6.45) is 5.19. The van der Waals surface area contributed by atoms with Crippen molar-refractivity contribution in [2.75, 3.05) is 13.1 Å². The first-order chi connectivity index (χ1) is 14.5. The molecule has 1 unspecified atom stereocenters. The van der Waals surface area contributed by atoms with Crippen LogP contribution < -0.4 is 11.1 Å². The smallest absolute Gasteiger partial charge is 0.252 e. The van der Waals surface area contributed by atoms with Crippen molar-refractivity contribution in [3.8, 4) is 5.75 Å². The van der Waals surface area contributed by atoms with Crippen molar-refractivity contribution in [3.05, 3.63) is 65.2 Å². The molecule has 2 aliphatic heterocycles. The van der Waals surface area contributed by atoms with Gasteiger partial charge in [-0.2, -0.15) is 0 Å². The number of rotatable bonds is 7. The summed E-state index contributed by atoms with van der Waals surface area (Å²) in [6.45, 7) is 1.62. The molecule has 2 fully saturated rings. The molecule has 2 aliphatic rings. The highest BCUT2D eigenvalue weighted by Crippen LogP contribution is 2.45. The minimum atomic E-state index is -0.590. The van der Waals surface area contributed by atoms with E-state index in [0.717, 1.165) is 44.2 Å². The molecule has 2 saturated heterocycles. The van der Waals surface area contributed by atoms with Crippen molar-refractivity contribution in [1.29, 1.82) is 0 Å². The minimum Gasteiger partial charge on any atom is -0.507 e.